The maximum atomic E-state index is 12.3. The molecule has 1 aliphatic rings. The summed E-state index contributed by atoms with van der Waals surface area (Å²) in [4.78, 5) is 23.0. The second kappa shape index (κ2) is 9.94. The molecule has 3 rings (SSSR count). The molecule has 0 aliphatic carbocycles. The summed E-state index contributed by atoms with van der Waals surface area (Å²) in [6.45, 7) is 2.52. The van der Waals surface area contributed by atoms with Gasteiger partial charge in [0.1, 0.15) is 6.54 Å². The molecule has 2 aromatic rings. The lowest BCUT2D eigenvalue weighted by atomic mass is 10.0. The van der Waals surface area contributed by atoms with Crippen molar-refractivity contribution in [2.45, 2.75) is 6.18 Å². The third-order valence-electron chi connectivity index (χ3n) is 4.60. The van der Waals surface area contributed by atoms with E-state index in [9.17, 15) is 27.9 Å². The van der Waals surface area contributed by atoms with E-state index >= 15 is 0 Å². The van der Waals surface area contributed by atoms with Crippen molar-refractivity contribution in [2.75, 3.05) is 11.9 Å². The summed E-state index contributed by atoms with van der Waals surface area (Å²) in [5, 5.41) is 19.1. The van der Waals surface area contributed by atoms with Crippen LogP contribution in [0.3, 0.4) is 0 Å². The van der Waals surface area contributed by atoms with Gasteiger partial charge in [0.15, 0.2) is 0 Å². The average molecular weight is 471 g/mol. The number of nitrogens with zero attached hydrogens (tertiary/aromatic N) is 2. The predicted octanol–water partition coefficient (Wildman–Crippen LogP) is 4.22. The highest BCUT2D eigenvalue weighted by atomic mass is 19.4. The maximum absolute atomic E-state index is 12.3. The number of hydrogen-bond donors (Lipinski definition) is 4. The Morgan fingerprint density at radius 1 is 1.15 bits per heavy atom. The Morgan fingerprint density at radius 3 is 2.50 bits per heavy atom. The first-order valence-corrected chi connectivity index (χ1v) is 9.80. The van der Waals surface area contributed by atoms with Crippen LogP contribution in [-0.2, 0) is 0 Å². The molecule has 2 aromatic carbocycles. The molecule has 0 saturated heterocycles. The van der Waals surface area contributed by atoms with E-state index in [0.29, 0.717) is 28.1 Å². The number of carboxylic acids is 1. The Bertz CT molecular complexity index is 1220. The van der Waals surface area contributed by atoms with Crippen LogP contribution in [0.4, 0.5) is 23.7 Å². The lowest BCUT2D eigenvalue weighted by molar-refractivity contribution is -0.122. The number of carbonyl (C=O) groups excluding carboxylic acids is 1. The third-order valence-corrected chi connectivity index (χ3v) is 4.60. The van der Waals surface area contributed by atoms with Crippen LogP contribution >= 0.6 is 0 Å². The average Bonchev–Trinajstić information content (AvgIpc) is 2.79. The van der Waals surface area contributed by atoms with Crippen LogP contribution in [0.5, 0.6) is 0 Å². The van der Waals surface area contributed by atoms with Crippen molar-refractivity contribution >= 4 is 35.2 Å². The first-order valence-electron chi connectivity index (χ1n) is 9.80. The Labute approximate surface area is 192 Å². The van der Waals surface area contributed by atoms with Gasteiger partial charge in [-0.25, -0.2) is 14.6 Å². The van der Waals surface area contributed by atoms with Gasteiger partial charge in [0.05, 0.1) is 23.2 Å². The molecule has 11 heteroatoms. The number of nitrogens with two attached hydrogens (primary N) is 1. The number of rotatable bonds is 6. The van der Waals surface area contributed by atoms with E-state index in [2.05, 4.69) is 17.0 Å². The quantitative estimate of drug-likeness (QED) is 0.503. The van der Waals surface area contributed by atoms with E-state index in [4.69, 9.17) is 5.73 Å². The molecule has 2 amide bonds. The molecule has 0 radical (unpaired) electrons. The summed E-state index contributed by atoms with van der Waals surface area (Å²) in [6.07, 6.45) is -0.0339. The molecule has 176 valence electrons. The van der Waals surface area contributed by atoms with Crippen LogP contribution in [0, 0.1) is 0 Å². The normalized spacial score (nSPS) is 14.0. The van der Waals surface area contributed by atoms with Crippen molar-refractivity contribution in [1.29, 1.82) is 0 Å². The number of halogens is 3. The molecule has 0 aromatic heterocycles. The van der Waals surface area contributed by atoms with E-state index in [1.165, 1.54) is 41.7 Å². The number of carboxylic acid groups (broad SMARTS) is 1. The number of anilines is 1. The molecule has 0 unspecified atom stereocenters. The zero-order valence-corrected chi connectivity index (χ0v) is 17.6. The summed E-state index contributed by atoms with van der Waals surface area (Å²) >= 11 is 0. The first-order chi connectivity index (χ1) is 16.1. The molecule has 0 bridgehead atoms. The highest BCUT2D eigenvalue weighted by Gasteiger charge is 2.27. The molecular formula is C23H20F3N5O3. The summed E-state index contributed by atoms with van der Waals surface area (Å²) in [7, 11) is 0. The second-order valence-corrected chi connectivity index (χ2v) is 7.09. The zero-order chi connectivity index (χ0) is 24.9. The number of hydrogen-bond acceptors (Lipinski definition) is 5. The van der Waals surface area contributed by atoms with Gasteiger partial charge in [0.25, 0.3) is 0 Å². The lowest BCUT2D eigenvalue weighted by Crippen LogP contribution is -2.36. The van der Waals surface area contributed by atoms with E-state index in [0.717, 1.165) is 0 Å². The van der Waals surface area contributed by atoms with Crippen LogP contribution in [0.25, 0.3) is 11.3 Å². The minimum absolute atomic E-state index is 0.131. The number of nitrogens with one attached hydrogen (secondary N) is 2. The van der Waals surface area contributed by atoms with Crippen molar-refractivity contribution < 1.29 is 27.9 Å². The van der Waals surface area contributed by atoms with Crippen LogP contribution in [0.2, 0.25) is 0 Å². The predicted molar refractivity (Wildman–Crippen MR) is 123 cm³/mol. The zero-order valence-electron chi connectivity index (χ0n) is 17.6. The first kappa shape index (κ1) is 24.1. The monoisotopic (exact) mass is 471 g/mol. The molecule has 8 nitrogen and oxygen atoms in total. The lowest BCUT2D eigenvalue weighted by Gasteiger charge is -2.26. The van der Waals surface area contributed by atoms with Gasteiger partial charge in [-0.2, -0.15) is 18.3 Å². The number of benzene rings is 2. The van der Waals surface area contributed by atoms with Crippen molar-refractivity contribution in [2.24, 2.45) is 10.8 Å². The molecule has 0 fully saturated rings. The molecular weight excluding hydrogens is 451 g/mol. The highest BCUT2D eigenvalue weighted by Crippen LogP contribution is 2.30. The fourth-order valence-corrected chi connectivity index (χ4v) is 3.08. The Kier molecular flexibility index (Phi) is 7.05. The van der Waals surface area contributed by atoms with E-state index in [1.54, 1.807) is 35.7 Å². The van der Waals surface area contributed by atoms with Crippen molar-refractivity contribution in [3.8, 4) is 0 Å². The maximum Gasteiger partial charge on any atom is 0.405 e. The second-order valence-electron chi connectivity index (χ2n) is 7.09. The standard InChI is InChI=1S/C23H20F3N5O3/c1-14-8-18(15-4-2-6-17(9-15)21(32)33)12-29-31(14)20(11-27)16-5-3-7-19(10-16)30-22(34)28-13-23(24,25)26/h2-12H,1,13,27H2,(H,32,33)(H2,28,30,34)/b20-11-. The summed E-state index contributed by atoms with van der Waals surface area (Å²) < 4.78 is 36.8. The molecule has 0 saturated carbocycles. The largest absolute Gasteiger partial charge is 0.478 e. The molecule has 1 aliphatic heterocycles. The van der Waals surface area contributed by atoms with Crippen LogP contribution in [0.15, 0.2) is 78.2 Å². The van der Waals surface area contributed by atoms with E-state index in [-0.39, 0.29) is 11.3 Å². The van der Waals surface area contributed by atoms with Gasteiger partial charge in [0.2, 0.25) is 0 Å². The number of allylic oxidation sites excluding steroid dienone is 2. The number of amides is 2. The van der Waals surface area contributed by atoms with Gasteiger partial charge >= 0.3 is 18.2 Å². The topological polar surface area (TPSA) is 120 Å². The van der Waals surface area contributed by atoms with Gasteiger partial charge in [-0.1, -0.05) is 30.8 Å². The van der Waals surface area contributed by atoms with Crippen molar-refractivity contribution in [3.63, 3.8) is 0 Å². The number of alkyl halides is 3. The van der Waals surface area contributed by atoms with Gasteiger partial charge in [0, 0.05) is 23.0 Å². The minimum atomic E-state index is -4.53. The molecule has 0 atom stereocenters. The van der Waals surface area contributed by atoms with Gasteiger partial charge in [-0.05, 0) is 35.9 Å². The smallest absolute Gasteiger partial charge is 0.405 e. The number of carbonyl (C=O) groups is 2. The Hall–Kier alpha value is -4.54. The Balaban J connectivity index is 1.77. The van der Waals surface area contributed by atoms with Crippen molar-refractivity contribution in [3.05, 3.63) is 89.8 Å². The van der Waals surface area contributed by atoms with Crippen molar-refractivity contribution in [1.82, 2.24) is 10.3 Å². The number of aromatic carboxylic acids is 1. The molecule has 1 heterocycles. The van der Waals surface area contributed by atoms with Gasteiger partial charge in [-0.3, -0.25) is 0 Å². The highest BCUT2D eigenvalue weighted by molar-refractivity contribution is 6.12. The SMILES string of the molecule is C=C1C=C(c2cccc(C(=O)O)c2)C=NN1/C(=C\N)c1cccc(NC(=O)NCC(F)(F)F)c1. The fraction of sp³-hybridized carbons (Fsp3) is 0.0870. The van der Waals surface area contributed by atoms with Crippen LogP contribution in [-0.4, -0.2) is 41.1 Å². The van der Waals surface area contributed by atoms with Crippen LogP contribution in [0.1, 0.15) is 21.5 Å². The summed E-state index contributed by atoms with van der Waals surface area (Å²) in [5.41, 5.74) is 8.80. The fourth-order valence-electron chi connectivity index (χ4n) is 3.08. The number of hydrazone groups is 1. The van der Waals surface area contributed by atoms with Gasteiger partial charge in [-0.15, -0.1) is 0 Å². The number of urea groups is 1. The third kappa shape index (κ3) is 6.03. The minimum Gasteiger partial charge on any atom is -0.478 e. The molecule has 34 heavy (non-hydrogen) atoms. The van der Waals surface area contributed by atoms with Crippen LogP contribution < -0.4 is 16.4 Å². The Morgan fingerprint density at radius 2 is 1.85 bits per heavy atom. The van der Waals surface area contributed by atoms with Gasteiger partial charge < -0.3 is 21.5 Å². The molecule has 0 spiro atoms. The molecule has 5 N–H and O–H groups in total. The summed E-state index contributed by atoms with van der Waals surface area (Å²) in [5.74, 6) is -1.05. The van der Waals surface area contributed by atoms with E-state index < -0.39 is 24.7 Å². The summed E-state index contributed by atoms with van der Waals surface area (Å²) in [6, 6.07) is 11.6. The van der Waals surface area contributed by atoms with E-state index in [1.807, 2.05) is 0 Å².